The maximum atomic E-state index is 13.2. The van der Waals surface area contributed by atoms with E-state index in [9.17, 15) is 13.2 Å². The summed E-state index contributed by atoms with van der Waals surface area (Å²) in [5, 5.41) is 1.35. The van der Waals surface area contributed by atoms with Crippen molar-refractivity contribution in [2.45, 2.75) is 24.5 Å². The van der Waals surface area contributed by atoms with Crippen LogP contribution in [0, 0.1) is 6.92 Å². The van der Waals surface area contributed by atoms with Crippen LogP contribution in [0.1, 0.15) is 11.1 Å². The predicted octanol–water partition coefficient (Wildman–Crippen LogP) is 1.81. The standard InChI is InChI=1S/C22H24N4O4S/c1-15-11-12-20(18-10-6-5-9-17(15)18)31(28,29)26-19(21(27)25-22(23)24)14-30-13-16-7-3-2-4-8-16/h2-12,19,26H,13-14H2,1H3,(H4,23,24,25,27)/t19-/m1/s1. The molecule has 0 aliphatic heterocycles. The maximum absolute atomic E-state index is 13.2. The fourth-order valence-corrected chi connectivity index (χ4v) is 4.52. The molecule has 0 spiro atoms. The average Bonchev–Trinajstić information content (AvgIpc) is 2.73. The number of fused-ring (bicyclic) bond motifs is 1. The lowest BCUT2D eigenvalue weighted by molar-refractivity contribution is -0.120. The number of nitrogens with zero attached hydrogens (tertiary/aromatic N) is 1. The number of ether oxygens (including phenoxy) is 1. The van der Waals surface area contributed by atoms with Crippen LogP contribution >= 0.6 is 0 Å². The van der Waals surface area contributed by atoms with Gasteiger partial charge in [-0.2, -0.15) is 9.71 Å². The Balaban J connectivity index is 1.86. The van der Waals surface area contributed by atoms with Crippen LogP contribution in [0.2, 0.25) is 0 Å². The van der Waals surface area contributed by atoms with E-state index in [4.69, 9.17) is 16.2 Å². The third-order valence-corrected chi connectivity index (χ3v) is 6.15. The summed E-state index contributed by atoms with van der Waals surface area (Å²) in [6.07, 6.45) is 0. The Hall–Kier alpha value is -3.27. The van der Waals surface area contributed by atoms with E-state index in [0.29, 0.717) is 5.39 Å². The van der Waals surface area contributed by atoms with Crippen LogP contribution < -0.4 is 16.2 Å². The van der Waals surface area contributed by atoms with Crippen molar-refractivity contribution >= 4 is 32.7 Å². The molecule has 1 atom stereocenters. The molecule has 0 aromatic heterocycles. The maximum Gasteiger partial charge on any atom is 0.269 e. The Morgan fingerprint density at radius 2 is 1.65 bits per heavy atom. The van der Waals surface area contributed by atoms with Gasteiger partial charge in [0, 0.05) is 5.39 Å². The van der Waals surface area contributed by atoms with E-state index in [2.05, 4.69) is 9.71 Å². The lowest BCUT2D eigenvalue weighted by atomic mass is 10.1. The molecule has 0 radical (unpaired) electrons. The lowest BCUT2D eigenvalue weighted by Gasteiger charge is -2.17. The summed E-state index contributed by atoms with van der Waals surface area (Å²) >= 11 is 0. The highest BCUT2D eigenvalue weighted by Gasteiger charge is 2.27. The van der Waals surface area contributed by atoms with Gasteiger partial charge in [-0.1, -0.05) is 60.7 Å². The molecule has 3 aromatic rings. The van der Waals surface area contributed by atoms with E-state index in [1.54, 1.807) is 18.2 Å². The Labute approximate surface area is 181 Å². The highest BCUT2D eigenvalue weighted by Crippen LogP contribution is 2.26. The van der Waals surface area contributed by atoms with Crippen molar-refractivity contribution in [1.82, 2.24) is 4.72 Å². The van der Waals surface area contributed by atoms with E-state index in [1.165, 1.54) is 6.07 Å². The molecule has 0 bridgehead atoms. The molecule has 0 heterocycles. The molecular formula is C22H24N4O4S. The SMILES string of the molecule is Cc1ccc(S(=O)(=O)N[C@H](COCc2ccccc2)C(=O)N=C(N)N)c2ccccc12. The molecular weight excluding hydrogens is 416 g/mol. The van der Waals surface area contributed by atoms with Crippen molar-refractivity contribution in [2.75, 3.05) is 6.61 Å². The second kappa shape index (κ2) is 9.69. The van der Waals surface area contributed by atoms with Crippen molar-refractivity contribution in [3.63, 3.8) is 0 Å². The summed E-state index contributed by atoms with van der Waals surface area (Å²) < 4.78 is 34.3. The van der Waals surface area contributed by atoms with Crippen LogP contribution in [-0.4, -0.2) is 32.9 Å². The minimum absolute atomic E-state index is 0.0549. The normalized spacial score (nSPS) is 12.4. The van der Waals surface area contributed by atoms with E-state index in [-0.39, 0.29) is 18.1 Å². The van der Waals surface area contributed by atoms with Gasteiger partial charge < -0.3 is 16.2 Å². The molecule has 1 amide bonds. The zero-order valence-corrected chi connectivity index (χ0v) is 17.8. The van der Waals surface area contributed by atoms with E-state index in [1.807, 2.05) is 49.4 Å². The van der Waals surface area contributed by atoms with Crippen LogP contribution in [0.15, 0.2) is 76.6 Å². The Kier molecular flexibility index (Phi) is 7.01. The van der Waals surface area contributed by atoms with Gasteiger partial charge in [-0.15, -0.1) is 0 Å². The summed E-state index contributed by atoms with van der Waals surface area (Å²) in [5.74, 6) is -1.30. The molecule has 31 heavy (non-hydrogen) atoms. The van der Waals surface area contributed by atoms with Gasteiger partial charge >= 0.3 is 0 Å². The topological polar surface area (TPSA) is 137 Å². The number of aliphatic imine (C=N–C) groups is 1. The van der Waals surface area contributed by atoms with Crippen molar-refractivity contribution in [3.05, 3.63) is 77.9 Å². The third kappa shape index (κ3) is 5.66. The Morgan fingerprint density at radius 1 is 1.00 bits per heavy atom. The van der Waals surface area contributed by atoms with Crippen LogP contribution in [0.4, 0.5) is 0 Å². The highest BCUT2D eigenvalue weighted by atomic mass is 32.2. The number of nitrogens with one attached hydrogen (secondary N) is 1. The summed E-state index contributed by atoms with van der Waals surface area (Å²) in [6, 6.07) is 18.4. The van der Waals surface area contributed by atoms with Gasteiger partial charge in [0.15, 0.2) is 5.96 Å². The number of hydrogen-bond acceptors (Lipinski definition) is 4. The quantitative estimate of drug-likeness (QED) is 0.361. The number of aryl methyl sites for hydroxylation is 1. The first-order valence-electron chi connectivity index (χ1n) is 9.54. The van der Waals surface area contributed by atoms with Gasteiger partial charge in [0.2, 0.25) is 10.0 Å². The molecule has 0 saturated heterocycles. The molecule has 162 valence electrons. The number of carbonyl (C=O) groups is 1. The number of sulfonamides is 1. The number of guanidine groups is 1. The van der Waals surface area contributed by atoms with E-state index < -0.39 is 27.9 Å². The van der Waals surface area contributed by atoms with Gasteiger partial charge in [0.25, 0.3) is 5.91 Å². The fraction of sp³-hybridized carbons (Fsp3) is 0.182. The van der Waals surface area contributed by atoms with Gasteiger partial charge in [0.05, 0.1) is 18.1 Å². The number of amides is 1. The largest absolute Gasteiger partial charge is 0.375 e. The average molecular weight is 441 g/mol. The number of carbonyl (C=O) groups excluding carboxylic acids is 1. The van der Waals surface area contributed by atoms with Crippen molar-refractivity contribution in [3.8, 4) is 0 Å². The van der Waals surface area contributed by atoms with E-state index >= 15 is 0 Å². The predicted molar refractivity (Wildman–Crippen MR) is 120 cm³/mol. The van der Waals surface area contributed by atoms with Gasteiger partial charge in [-0.05, 0) is 29.5 Å². The number of rotatable bonds is 8. The van der Waals surface area contributed by atoms with E-state index in [0.717, 1.165) is 16.5 Å². The van der Waals surface area contributed by atoms with Crippen LogP contribution in [0.3, 0.4) is 0 Å². The van der Waals surface area contributed by atoms with Crippen molar-refractivity contribution < 1.29 is 17.9 Å². The second-order valence-corrected chi connectivity index (χ2v) is 8.66. The molecule has 0 aliphatic rings. The lowest BCUT2D eigenvalue weighted by Crippen LogP contribution is -2.44. The Morgan fingerprint density at radius 3 is 2.32 bits per heavy atom. The third-order valence-electron chi connectivity index (χ3n) is 4.62. The molecule has 0 unspecified atom stereocenters. The highest BCUT2D eigenvalue weighted by molar-refractivity contribution is 7.89. The van der Waals surface area contributed by atoms with Crippen LogP contribution in [0.5, 0.6) is 0 Å². The summed E-state index contributed by atoms with van der Waals surface area (Å²) in [7, 11) is -4.08. The first-order chi connectivity index (χ1) is 14.8. The van der Waals surface area contributed by atoms with Crippen LogP contribution in [-0.2, 0) is 26.2 Å². The van der Waals surface area contributed by atoms with Gasteiger partial charge in [-0.3, -0.25) is 4.79 Å². The first-order valence-corrected chi connectivity index (χ1v) is 11.0. The first kappa shape index (κ1) is 22.4. The number of nitrogens with two attached hydrogens (primary N) is 2. The smallest absolute Gasteiger partial charge is 0.269 e. The summed E-state index contributed by atoms with van der Waals surface area (Å²) in [5.41, 5.74) is 12.4. The zero-order valence-electron chi connectivity index (χ0n) is 17.0. The molecule has 0 fully saturated rings. The minimum atomic E-state index is -4.08. The van der Waals surface area contributed by atoms with Crippen molar-refractivity contribution in [2.24, 2.45) is 16.5 Å². The molecule has 8 nitrogen and oxygen atoms in total. The zero-order chi connectivity index (χ0) is 22.4. The summed E-state index contributed by atoms with van der Waals surface area (Å²) in [4.78, 5) is 16.0. The fourth-order valence-electron chi connectivity index (χ4n) is 3.14. The minimum Gasteiger partial charge on any atom is -0.375 e. The molecule has 0 saturated carbocycles. The molecule has 9 heteroatoms. The van der Waals surface area contributed by atoms with Gasteiger partial charge in [-0.25, -0.2) is 8.42 Å². The second-order valence-electron chi connectivity index (χ2n) is 6.98. The summed E-state index contributed by atoms with van der Waals surface area (Å²) in [6.45, 7) is 1.85. The molecule has 3 rings (SSSR count). The monoisotopic (exact) mass is 440 g/mol. The number of hydrogen-bond donors (Lipinski definition) is 3. The molecule has 5 N–H and O–H groups in total. The van der Waals surface area contributed by atoms with Gasteiger partial charge in [0.1, 0.15) is 6.04 Å². The Bertz CT molecular complexity index is 1210. The molecule has 3 aromatic carbocycles. The van der Waals surface area contributed by atoms with Crippen LogP contribution in [0.25, 0.3) is 10.8 Å². The van der Waals surface area contributed by atoms with Crippen molar-refractivity contribution in [1.29, 1.82) is 0 Å². The number of benzene rings is 3. The molecule has 0 aliphatic carbocycles.